The zero-order valence-electron chi connectivity index (χ0n) is 12.1. The first kappa shape index (κ1) is 16.2. The molecule has 1 atom stereocenters. The van der Waals surface area contributed by atoms with E-state index in [1.807, 2.05) is 0 Å². The Bertz CT molecular complexity index is 499. The summed E-state index contributed by atoms with van der Waals surface area (Å²) in [5.41, 5.74) is 0.297. The van der Waals surface area contributed by atoms with Crippen LogP contribution in [0.25, 0.3) is 0 Å². The van der Waals surface area contributed by atoms with E-state index in [0.717, 1.165) is 38.7 Å². The van der Waals surface area contributed by atoms with E-state index in [-0.39, 0.29) is 10.9 Å². The fourth-order valence-electron chi connectivity index (χ4n) is 2.48. The summed E-state index contributed by atoms with van der Waals surface area (Å²) in [6.07, 6.45) is 1.05. The second-order valence-corrected chi connectivity index (χ2v) is 5.69. The van der Waals surface area contributed by atoms with Crippen LogP contribution in [0.5, 0.6) is 0 Å². The quantitative estimate of drug-likeness (QED) is 0.875. The van der Waals surface area contributed by atoms with Crippen molar-refractivity contribution in [3.63, 3.8) is 0 Å². The molecule has 0 saturated carbocycles. The number of amides is 1. The number of carbonyl (C=O) groups is 1. The third-order valence-electron chi connectivity index (χ3n) is 3.71. The first-order chi connectivity index (χ1) is 10.1. The van der Waals surface area contributed by atoms with Crippen LogP contribution in [0.15, 0.2) is 18.2 Å². The number of hydrogen-bond donors (Lipinski definition) is 1. The zero-order chi connectivity index (χ0) is 15.2. The zero-order valence-corrected chi connectivity index (χ0v) is 12.8. The standard InChI is InChI=1S/C15H20ClFN2O2/c1-21-7-6-19-5-4-11(10-19)9-18-15(20)12-2-3-13(16)14(17)8-12/h2-3,8,11H,4-7,9-10H2,1H3,(H,18,20). The number of nitrogens with one attached hydrogen (secondary N) is 1. The number of hydrogen-bond acceptors (Lipinski definition) is 3. The Kier molecular flexibility index (Phi) is 5.96. The van der Waals surface area contributed by atoms with E-state index < -0.39 is 5.82 Å². The van der Waals surface area contributed by atoms with Crippen molar-refractivity contribution in [2.45, 2.75) is 6.42 Å². The molecule has 6 heteroatoms. The molecule has 1 aliphatic heterocycles. The van der Waals surface area contributed by atoms with Crippen LogP contribution < -0.4 is 5.32 Å². The second-order valence-electron chi connectivity index (χ2n) is 5.29. The number of halogens is 2. The van der Waals surface area contributed by atoms with E-state index in [1.165, 1.54) is 12.1 Å². The summed E-state index contributed by atoms with van der Waals surface area (Å²) >= 11 is 5.60. The number of rotatable bonds is 6. The summed E-state index contributed by atoms with van der Waals surface area (Å²) in [6, 6.07) is 4.09. The third kappa shape index (κ3) is 4.66. The maximum Gasteiger partial charge on any atom is 0.251 e. The first-order valence-corrected chi connectivity index (χ1v) is 7.42. The van der Waals surface area contributed by atoms with Crippen molar-refractivity contribution in [2.24, 2.45) is 5.92 Å². The summed E-state index contributed by atoms with van der Waals surface area (Å²) in [7, 11) is 1.69. The molecule has 1 saturated heterocycles. The summed E-state index contributed by atoms with van der Waals surface area (Å²) in [5, 5.41) is 2.88. The summed E-state index contributed by atoms with van der Waals surface area (Å²) < 4.78 is 18.4. The third-order valence-corrected chi connectivity index (χ3v) is 4.02. The van der Waals surface area contributed by atoms with Crippen LogP contribution in [0, 0.1) is 11.7 Å². The molecule has 1 unspecified atom stereocenters. The Labute approximate surface area is 129 Å². The van der Waals surface area contributed by atoms with Crippen LogP contribution in [-0.4, -0.2) is 50.7 Å². The maximum absolute atomic E-state index is 13.3. The minimum absolute atomic E-state index is 0.0242. The summed E-state index contributed by atoms with van der Waals surface area (Å²) in [5.74, 6) is -0.403. The lowest BCUT2D eigenvalue weighted by Crippen LogP contribution is -2.31. The van der Waals surface area contributed by atoms with Gasteiger partial charge in [-0.15, -0.1) is 0 Å². The number of methoxy groups -OCH3 is 1. The molecule has 0 radical (unpaired) electrons. The molecule has 1 aromatic rings. The van der Waals surface area contributed by atoms with E-state index in [9.17, 15) is 9.18 Å². The Morgan fingerprint density at radius 1 is 1.57 bits per heavy atom. The Hall–Kier alpha value is -1.17. The van der Waals surface area contributed by atoms with Gasteiger partial charge >= 0.3 is 0 Å². The molecule has 116 valence electrons. The normalized spacial score (nSPS) is 18.9. The lowest BCUT2D eigenvalue weighted by Gasteiger charge is -2.15. The molecule has 1 heterocycles. The highest BCUT2D eigenvalue weighted by molar-refractivity contribution is 6.30. The van der Waals surface area contributed by atoms with Crippen molar-refractivity contribution in [1.82, 2.24) is 10.2 Å². The highest BCUT2D eigenvalue weighted by atomic mass is 35.5. The van der Waals surface area contributed by atoms with Crippen LogP contribution >= 0.6 is 11.6 Å². The van der Waals surface area contributed by atoms with Gasteiger partial charge in [-0.25, -0.2) is 4.39 Å². The molecule has 2 rings (SSSR count). The lowest BCUT2D eigenvalue weighted by atomic mass is 10.1. The van der Waals surface area contributed by atoms with Gasteiger partial charge < -0.3 is 15.0 Å². The molecule has 21 heavy (non-hydrogen) atoms. The smallest absolute Gasteiger partial charge is 0.251 e. The van der Waals surface area contributed by atoms with Crippen LogP contribution in [0.4, 0.5) is 4.39 Å². The van der Waals surface area contributed by atoms with Crippen molar-refractivity contribution in [3.8, 4) is 0 Å². The van der Waals surface area contributed by atoms with Gasteiger partial charge in [0.15, 0.2) is 0 Å². The minimum atomic E-state index is -0.573. The number of nitrogens with zero attached hydrogens (tertiary/aromatic N) is 1. The van der Waals surface area contributed by atoms with Crippen LogP contribution in [0.1, 0.15) is 16.8 Å². The summed E-state index contributed by atoms with van der Waals surface area (Å²) in [6.45, 7) is 4.23. The van der Waals surface area contributed by atoms with Crippen molar-refractivity contribution >= 4 is 17.5 Å². The molecular weight excluding hydrogens is 295 g/mol. The topological polar surface area (TPSA) is 41.6 Å². The second kappa shape index (κ2) is 7.73. The van der Waals surface area contributed by atoms with E-state index in [2.05, 4.69) is 10.2 Å². The predicted molar refractivity (Wildman–Crippen MR) is 80.2 cm³/mol. The molecule has 1 aromatic carbocycles. The van der Waals surface area contributed by atoms with Gasteiger partial charge in [-0.3, -0.25) is 4.79 Å². The number of carbonyl (C=O) groups excluding carboxylic acids is 1. The monoisotopic (exact) mass is 314 g/mol. The van der Waals surface area contributed by atoms with E-state index in [0.29, 0.717) is 18.0 Å². The molecule has 0 bridgehead atoms. The van der Waals surface area contributed by atoms with Gasteiger partial charge in [-0.1, -0.05) is 11.6 Å². The maximum atomic E-state index is 13.3. The molecule has 4 nitrogen and oxygen atoms in total. The molecule has 1 amide bonds. The molecule has 1 N–H and O–H groups in total. The van der Waals surface area contributed by atoms with Crippen molar-refractivity contribution in [1.29, 1.82) is 0 Å². The molecule has 0 aromatic heterocycles. The minimum Gasteiger partial charge on any atom is -0.383 e. The predicted octanol–water partition coefficient (Wildman–Crippen LogP) is 2.18. The van der Waals surface area contributed by atoms with Crippen molar-refractivity contribution < 1.29 is 13.9 Å². The SMILES string of the molecule is COCCN1CCC(CNC(=O)c2ccc(Cl)c(F)c2)C1. The van der Waals surface area contributed by atoms with Gasteiger partial charge in [0.1, 0.15) is 5.82 Å². The van der Waals surface area contributed by atoms with Gasteiger partial charge in [0.2, 0.25) is 0 Å². The number of likely N-dealkylation sites (tertiary alicyclic amines) is 1. The van der Waals surface area contributed by atoms with Crippen molar-refractivity contribution in [2.75, 3.05) is 39.9 Å². The van der Waals surface area contributed by atoms with Crippen LogP contribution in [0.3, 0.4) is 0 Å². The average Bonchev–Trinajstić information content (AvgIpc) is 2.93. The molecular formula is C15H20ClFN2O2. The first-order valence-electron chi connectivity index (χ1n) is 7.04. The Balaban J connectivity index is 1.78. The van der Waals surface area contributed by atoms with Gasteiger partial charge in [-0.05, 0) is 37.1 Å². The van der Waals surface area contributed by atoms with Crippen molar-refractivity contribution in [3.05, 3.63) is 34.6 Å². The molecule has 1 aliphatic rings. The van der Waals surface area contributed by atoms with E-state index >= 15 is 0 Å². The number of ether oxygens (including phenoxy) is 1. The van der Waals surface area contributed by atoms with Crippen LogP contribution in [0.2, 0.25) is 5.02 Å². The Morgan fingerprint density at radius 3 is 3.10 bits per heavy atom. The highest BCUT2D eigenvalue weighted by Crippen LogP contribution is 2.17. The fraction of sp³-hybridized carbons (Fsp3) is 0.533. The molecule has 0 aliphatic carbocycles. The molecule has 1 fully saturated rings. The van der Waals surface area contributed by atoms with Gasteiger partial charge in [0.25, 0.3) is 5.91 Å². The van der Waals surface area contributed by atoms with Crippen LogP contribution in [-0.2, 0) is 4.74 Å². The van der Waals surface area contributed by atoms with E-state index in [4.69, 9.17) is 16.3 Å². The highest BCUT2D eigenvalue weighted by Gasteiger charge is 2.22. The average molecular weight is 315 g/mol. The summed E-state index contributed by atoms with van der Waals surface area (Å²) in [4.78, 5) is 14.3. The fourth-order valence-corrected chi connectivity index (χ4v) is 2.60. The lowest BCUT2D eigenvalue weighted by molar-refractivity contribution is 0.0946. The Morgan fingerprint density at radius 2 is 2.38 bits per heavy atom. The number of benzene rings is 1. The largest absolute Gasteiger partial charge is 0.383 e. The van der Waals surface area contributed by atoms with E-state index in [1.54, 1.807) is 7.11 Å². The van der Waals surface area contributed by atoms with Gasteiger partial charge in [0, 0.05) is 32.3 Å². The van der Waals surface area contributed by atoms with Gasteiger partial charge in [0.05, 0.1) is 11.6 Å². The molecule has 0 spiro atoms. The van der Waals surface area contributed by atoms with Gasteiger partial charge in [-0.2, -0.15) is 0 Å².